The van der Waals surface area contributed by atoms with Gasteiger partial charge in [0.2, 0.25) is 11.8 Å². The number of aliphatic hydroxyl groups excluding tert-OH is 1. The van der Waals surface area contributed by atoms with Crippen LogP contribution in [0.5, 0.6) is 0 Å². The van der Waals surface area contributed by atoms with Crippen LogP contribution in [0.2, 0.25) is 0 Å². The number of likely N-dealkylation sites (tertiary alicyclic amines) is 1. The van der Waals surface area contributed by atoms with Crippen LogP contribution in [0.3, 0.4) is 0 Å². The van der Waals surface area contributed by atoms with Crippen LogP contribution in [0.25, 0.3) is 0 Å². The first kappa shape index (κ1) is 24.6. The van der Waals surface area contributed by atoms with E-state index in [1.807, 2.05) is 4.90 Å². The lowest BCUT2D eigenvalue weighted by molar-refractivity contribution is -0.149. The van der Waals surface area contributed by atoms with E-state index >= 15 is 0 Å². The fourth-order valence-electron chi connectivity index (χ4n) is 7.00. The van der Waals surface area contributed by atoms with Crippen molar-refractivity contribution < 1.29 is 24.6 Å². The Bertz CT molecular complexity index is 785. The third-order valence-electron chi connectivity index (χ3n) is 8.45. The Morgan fingerprint density at radius 1 is 1.24 bits per heavy atom. The number of fused-ring (bicyclic) bond motifs is 1. The van der Waals surface area contributed by atoms with Crippen molar-refractivity contribution in [3.63, 3.8) is 0 Å². The Morgan fingerprint density at radius 3 is 2.61 bits per heavy atom. The van der Waals surface area contributed by atoms with Crippen LogP contribution in [0.1, 0.15) is 64.7 Å². The molecule has 2 amide bonds. The van der Waals surface area contributed by atoms with Crippen molar-refractivity contribution in [3.8, 4) is 0 Å². The highest BCUT2D eigenvalue weighted by molar-refractivity contribution is 8.02. The van der Waals surface area contributed by atoms with Crippen molar-refractivity contribution >= 4 is 29.5 Å². The largest absolute Gasteiger partial charge is 0.481 e. The van der Waals surface area contributed by atoms with E-state index < -0.39 is 28.6 Å². The topological polar surface area (TPSA) is 98.2 Å². The number of carboxylic acid groups (broad SMARTS) is 1. The van der Waals surface area contributed by atoms with Gasteiger partial charge >= 0.3 is 5.97 Å². The maximum Gasteiger partial charge on any atom is 0.308 e. The molecule has 0 radical (unpaired) electrons. The van der Waals surface area contributed by atoms with Crippen molar-refractivity contribution in [1.82, 2.24) is 9.80 Å². The van der Waals surface area contributed by atoms with Gasteiger partial charge in [0.25, 0.3) is 0 Å². The second-order valence-electron chi connectivity index (χ2n) is 10.3. The highest BCUT2D eigenvalue weighted by Crippen LogP contribution is 2.68. The number of aliphatic carboxylic acids is 1. The van der Waals surface area contributed by atoms with Crippen molar-refractivity contribution in [3.05, 3.63) is 12.7 Å². The van der Waals surface area contributed by atoms with Gasteiger partial charge in [-0.2, -0.15) is 0 Å². The monoisotopic (exact) mass is 478 g/mol. The summed E-state index contributed by atoms with van der Waals surface area (Å²) in [5, 5.41) is 19.1. The molecule has 3 saturated heterocycles. The molecule has 6 atom stereocenters. The summed E-state index contributed by atoms with van der Waals surface area (Å²) in [5.41, 5.74) is 0. The zero-order valence-corrected chi connectivity index (χ0v) is 20.5. The molecule has 8 heteroatoms. The summed E-state index contributed by atoms with van der Waals surface area (Å²) in [6.07, 6.45) is 9.95. The fraction of sp³-hybridized carbons (Fsp3) is 0.800. The Labute approximate surface area is 201 Å². The number of unbranched alkanes of at least 4 members (excludes halogenated alkanes) is 2. The van der Waals surface area contributed by atoms with Crippen molar-refractivity contribution in [1.29, 1.82) is 0 Å². The Morgan fingerprint density at radius 2 is 1.97 bits per heavy atom. The highest BCUT2D eigenvalue weighted by atomic mass is 32.2. The minimum absolute atomic E-state index is 0.0224. The van der Waals surface area contributed by atoms with Gasteiger partial charge in [-0.25, -0.2) is 0 Å². The molecule has 2 bridgehead atoms. The predicted octanol–water partition coefficient (Wildman–Crippen LogP) is 2.92. The van der Waals surface area contributed by atoms with Gasteiger partial charge in [-0.05, 0) is 44.4 Å². The van der Waals surface area contributed by atoms with Gasteiger partial charge in [0.05, 0.1) is 16.6 Å². The second kappa shape index (κ2) is 9.98. The molecule has 184 valence electrons. The van der Waals surface area contributed by atoms with Crippen LogP contribution in [-0.4, -0.2) is 79.6 Å². The van der Waals surface area contributed by atoms with Gasteiger partial charge in [-0.3, -0.25) is 14.4 Å². The first-order valence-corrected chi connectivity index (χ1v) is 13.5. The predicted molar refractivity (Wildman–Crippen MR) is 128 cm³/mol. The van der Waals surface area contributed by atoms with E-state index in [1.54, 1.807) is 22.7 Å². The molecule has 4 fully saturated rings. The fourth-order valence-corrected chi connectivity index (χ4v) is 9.41. The zero-order chi connectivity index (χ0) is 23.8. The lowest BCUT2D eigenvalue weighted by Gasteiger charge is -2.43. The minimum Gasteiger partial charge on any atom is -0.481 e. The molecule has 4 aliphatic rings. The number of hydrogen-bond acceptors (Lipinski definition) is 5. The molecular formula is C25H38N2O5S. The molecule has 2 N–H and O–H groups in total. The van der Waals surface area contributed by atoms with Crippen molar-refractivity contribution in [2.45, 2.75) is 86.8 Å². The van der Waals surface area contributed by atoms with Gasteiger partial charge in [0, 0.05) is 31.0 Å². The smallest absolute Gasteiger partial charge is 0.308 e. The molecule has 1 spiro atoms. The third-order valence-corrected chi connectivity index (χ3v) is 10.5. The number of carbonyl (C=O) groups excluding carboxylic acids is 2. The summed E-state index contributed by atoms with van der Waals surface area (Å²) in [6, 6.07) is -0.472. The maximum absolute atomic E-state index is 14.3. The maximum atomic E-state index is 14.3. The quantitative estimate of drug-likeness (QED) is 0.370. The molecule has 0 aromatic heterocycles. The molecule has 0 aromatic rings. The van der Waals surface area contributed by atoms with E-state index in [9.17, 15) is 19.5 Å². The second-order valence-corrected chi connectivity index (χ2v) is 11.8. The first-order chi connectivity index (χ1) is 15.9. The van der Waals surface area contributed by atoms with Crippen LogP contribution in [0.4, 0.5) is 0 Å². The van der Waals surface area contributed by atoms with Crippen LogP contribution < -0.4 is 0 Å². The summed E-state index contributed by atoms with van der Waals surface area (Å²) in [6.45, 7) is 6.98. The molecule has 4 rings (SSSR count). The lowest BCUT2D eigenvalue weighted by Crippen LogP contribution is -2.59. The first-order valence-electron chi connectivity index (χ1n) is 12.6. The van der Waals surface area contributed by atoms with Gasteiger partial charge in [0.1, 0.15) is 6.04 Å². The van der Waals surface area contributed by atoms with Crippen LogP contribution in [0.15, 0.2) is 12.7 Å². The number of hydrogen-bond donors (Lipinski definition) is 2. The van der Waals surface area contributed by atoms with E-state index in [0.29, 0.717) is 25.9 Å². The highest BCUT2D eigenvalue weighted by Gasteiger charge is 2.76. The summed E-state index contributed by atoms with van der Waals surface area (Å²) in [5.74, 6) is -2.36. The van der Waals surface area contributed by atoms with Gasteiger partial charge in [0.15, 0.2) is 0 Å². The molecule has 3 heterocycles. The van der Waals surface area contributed by atoms with Crippen LogP contribution in [-0.2, 0) is 14.4 Å². The molecule has 1 aliphatic carbocycles. The number of amides is 2. The SMILES string of the molecule is C=CCN(C(=O)C1N(CCCCCO)C(=O)[C@@H]2[C@H](C(=O)O)[C@@H]3CC(C)C12S3)C1CCCCC1. The van der Waals surface area contributed by atoms with Gasteiger partial charge in [-0.1, -0.05) is 32.3 Å². The van der Waals surface area contributed by atoms with E-state index in [0.717, 1.165) is 38.5 Å². The Balaban J connectivity index is 1.70. The van der Waals surface area contributed by atoms with Crippen molar-refractivity contribution in [2.75, 3.05) is 19.7 Å². The Hall–Kier alpha value is -1.54. The number of carboxylic acids is 1. The summed E-state index contributed by atoms with van der Waals surface area (Å²) in [4.78, 5) is 44.0. The average Bonchev–Trinajstić information content (AvgIpc) is 3.39. The standard InChI is InChI=1S/C25H38N2O5S/c1-3-12-26(17-10-6-4-7-11-17)23(30)21-25-16(2)15-18(33-25)19(24(31)32)20(25)22(29)27(21)13-8-5-9-14-28/h3,16-21,28H,1,4-15H2,2H3,(H,31,32)/t16?,18-,19+,20-,21?,25?/m0/s1. The number of rotatable bonds is 10. The number of thioether (sulfide) groups is 1. The zero-order valence-electron chi connectivity index (χ0n) is 19.7. The van der Waals surface area contributed by atoms with Crippen molar-refractivity contribution in [2.24, 2.45) is 17.8 Å². The number of nitrogens with zero attached hydrogens (tertiary/aromatic N) is 2. The lowest BCUT2D eigenvalue weighted by atomic mass is 9.66. The molecular weight excluding hydrogens is 440 g/mol. The molecule has 0 aromatic carbocycles. The Kier molecular flexibility index (Phi) is 7.44. The third kappa shape index (κ3) is 4.01. The van der Waals surface area contributed by atoms with E-state index in [4.69, 9.17) is 5.11 Å². The number of aliphatic hydroxyl groups is 1. The summed E-state index contributed by atoms with van der Waals surface area (Å²) >= 11 is 1.61. The molecule has 33 heavy (non-hydrogen) atoms. The number of carbonyl (C=O) groups is 3. The summed E-state index contributed by atoms with van der Waals surface area (Å²) in [7, 11) is 0. The van der Waals surface area contributed by atoms with E-state index in [2.05, 4.69) is 13.5 Å². The summed E-state index contributed by atoms with van der Waals surface area (Å²) < 4.78 is -0.674. The molecule has 3 aliphatic heterocycles. The van der Waals surface area contributed by atoms with Gasteiger partial charge in [-0.15, -0.1) is 18.3 Å². The van der Waals surface area contributed by atoms with E-state index in [-0.39, 0.29) is 35.6 Å². The minimum atomic E-state index is -0.914. The molecule has 7 nitrogen and oxygen atoms in total. The van der Waals surface area contributed by atoms with Gasteiger partial charge < -0.3 is 20.0 Å². The average molecular weight is 479 g/mol. The molecule has 1 saturated carbocycles. The van der Waals surface area contributed by atoms with E-state index in [1.165, 1.54) is 6.42 Å². The molecule has 3 unspecified atom stereocenters. The van der Waals surface area contributed by atoms with Crippen LogP contribution >= 0.6 is 11.8 Å². The van der Waals surface area contributed by atoms with Crippen LogP contribution in [0, 0.1) is 17.8 Å². The normalized spacial score (nSPS) is 35.6.